The minimum Gasteiger partial charge on any atom is -0.469 e. The Bertz CT molecular complexity index is 305. The van der Waals surface area contributed by atoms with Gasteiger partial charge >= 0.3 is 0 Å². The second-order valence-corrected chi connectivity index (χ2v) is 4.76. The molecular weight excluding hydrogens is 198 g/mol. The Labute approximate surface area is 98.4 Å². The highest BCUT2D eigenvalue weighted by molar-refractivity contribution is 5.23. The zero-order valence-corrected chi connectivity index (χ0v) is 10.3. The molecule has 1 atom stereocenters. The van der Waals surface area contributed by atoms with Gasteiger partial charge in [0.05, 0.1) is 6.26 Å². The zero-order chi connectivity index (χ0) is 11.2. The highest BCUT2D eigenvalue weighted by Crippen LogP contribution is 2.30. The number of hydrogen-bond acceptors (Lipinski definition) is 2. The molecular formula is C14H23NO. The molecule has 16 heavy (non-hydrogen) atoms. The largest absolute Gasteiger partial charge is 0.469 e. The Morgan fingerprint density at radius 1 is 1.38 bits per heavy atom. The molecule has 0 aliphatic heterocycles. The summed E-state index contributed by atoms with van der Waals surface area (Å²) in [5.41, 5.74) is 1.40. The molecule has 90 valence electrons. The van der Waals surface area contributed by atoms with E-state index in [-0.39, 0.29) is 0 Å². The number of furan rings is 1. The maximum atomic E-state index is 5.49. The molecule has 1 aromatic heterocycles. The zero-order valence-electron chi connectivity index (χ0n) is 10.3. The third-order valence-corrected chi connectivity index (χ3v) is 3.47. The lowest BCUT2D eigenvalue weighted by Crippen LogP contribution is -2.25. The molecule has 2 nitrogen and oxygen atoms in total. The number of aryl methyl sites for hydroxylation is 1. The molecule has 1 N–H and O–H groups in total. The standard InChI is InChI=1S/C14H23NO/c1-2-3-4-5-10-15-13-7-6-8-14-12(13)9-11-16-14/h9,11,13,15H,2-8,10H2,1H3. The van der Waals surface area contributed by atoms with Crippen molar-refractivity contribution >= 4 is 0 Å². The molecule has 1 aliphatic rings. The van der Waals surface area contributed by atoms with E-state index in [1.165, 1.54) is 49.8 Å². The highest BCUT2D eigenvalue weighted by atomic mass is 16.3. The lowest BCUT2D eigenvalue weighted by Gasteiger charge is -2.22. The van der Waals surface area contributed by atoms with Crippen molar-refractivity contribution < 1.29 is 4.42 Å². The normalized spacial score (nSPS) is 19.7. The fourth-order valence-corrected chi connectivity index (χ4v) is 2.53. The van der Waals surface area contributed by atoms with Crippen LogP contribution in [0.4, 0.5) is 0 Å². The Balaban J connectivity index is 1.75. The minimum atomic E-state index is 0.545. The van der Waals surface area contributed by atoms with E-state index in [0.29, 0.717) is 6.04 Å². The molecule has 0 aromatic carbocycles. The van der Waals surface area contributed by atoms with Crippen LogP contribution in [0.1, 0.15) is 62.8 Å². The van der Waals surface area contributed by atoms with E-state index in [1.54, 1.807) is 0 Å². The van der Waals surface area contributed by atoms with E-state index in [4.69, 9.17) is 4.42 Å². The third-order valence-electron chi connectivity index (χ3n) is 3.47. The molecule has 0 amide bonds. The van der Waals surface area contributed by atoms with E-state index >= 15 is 0 Å². The van der Waals surface area contributed by atoms with Crippen molar-refractivity contribution in [3.05, 3.63) is 23.7 Å². The van der Waals surface area contributed by atoms with Gasteiger partial charge in [0.15, 0.2) is 0 Å². The summed E-state index contributed by atoms with van der Waals surface area (Å²) in [6.45, 7) is 3.40. The van der Waals surface area contributed by atoms with E-state index in [1.807, 2.05) is 6.26 Å². The Morgan fingerprint density at radius 3 is 3.19 bits per heavy atom. The van der Waals surface area contributed by atoms with Crippen LogP contribution in [0.25, 0.3) is 0 Å². The SMILES string of the molecule is CCCCCCNC1CCCc2occc21. The Hall–Kier alpha value is -0.760. The summed E-state index contributed by atoms with van der Waals surface area (Å²) in [7, 11) is 0. The molecule has 1 unspecified atom stereocenters. The van der Waals surface area contributed by atoms with Gasteiger partial charge in [0.25, 0.3) is 0 Å². The van der Waals surface area contributed by atoms with Gasteiger partial charge in [-0.15, -0.1) is 0 Å². The van der Waals surface area contributed by atoms with Crippen molar-refractivity contribution in [1.29, 1.82) is 0 Å². The second-order valence-electron chi connectivity index (χ2n) is 4.76. The van der Waals surface area contributed by atoms with Gasteiger partial charge in [-0.2, -0.15) is 0 Å². The first-order valence-electron chi connectivity index (χ1n) is 6.71. The molecule has 0 saturated heterocycles. The molecule has 1 aliphatic carbocycles. The molecule has 0 spiro atoms. The lowest BCUT2D eigenvalue weighted by molar-refractivity contribution is 0.407. The molecule has 0 saturated carbocycles. The number of nitrogens with one attached hydrogen (secondary N) is 1. The molecule has 1 heterocycles. The van der Waals surface area contributed by atoms with Crippen LogP contribution >= 0.6 is 0 Å². The number of hydrogen-bond donors (Lipinski definition) is 1. The summed E-state index contributed by atoms with van der Waals surface area (Å²) in [4.78, 5) is 0. The average Bonchev–Trinajstić information content (AvgIpc) is 2.77. The number of fused-ring (bicyclic) bond motifs is 1. The van der Waals surface area contributed by atoms with Crippen LogP contribution in [0.5, 0.6) is 0 Å². The molecule has 0 fully saturated rings. The smallest absolute Gasteiger partial charge is 0.108 e. The molecule has 1 aromatic rings. The molecule has 2 rings (SSSR count). The van der Waals surface area contributed by atoms with Crippen molar-refractivity contribution in [1.82, 2.24) is 5.32 Å². The van der Waals surface area contributed by atoms with Crippen LogP contribution in [0.15, 0.2) is 16.7 Å². The fraction of sp³-hybridized carbons (Fsp3) is 0.714. The third kappa shape index (κ3) is 2.88. The summed E-state index contributed by atoms with van der Waals surface area (Å²) in [6.07, 6.45) is 10.8. The van der Waals surface area contributed by atoms with Crippen LogP contribution in [0, 0.1) is 0 Å². The summed E-state index contributed by atoms with van der Waals surface area (Å²) >= 11 is 0. The van der Waals surface area contributed by atoms with Crippen molar-refractivity contribution in [2.24, 2.45) is 0 Å². The molecule has 0 radical (unpaired) electrons. The second kappa shape index (κ2) is 6.09. The summed E-state index contributed by atoms with van der Waals surface area (Å²) in [5.74, 6) is 1.21. The van der Waals surface area contributed by atoms with Crippen molar-refractivity contribution in [2.75, 3.05) is 6.54 Å². The van der Waals surface area contributed by atoms with Crippen molar-refractivity contribution in [3.63, 3.8) is 0 Å². The lowest BCUT2D eigenvalue weighted by atomic mass is 9.93. The molecule has 0 bridgehead atoms. The van der Waals surface area contributed by atoms with Gasteiger partial charge in [0.2, 0.25) is 0 Å². The quantitative estimate of drug-likeness (QED) is 0.739. The van der Waals surface area contributed by atoms with Gasteiger partial charge in [0.1, 0.15) is 5.76 Å². The van der Waals surface area contributed by atoms with Gasteiger partial charge in [-0.1, -0.05) is 26.2 Å². The van der Waals surface area contributed by atoms with Crippen LogP contribution in [0.3, 0.4) is 0 Å². The first kappa shape index (κ1) is 11.7. The summed E-state index contributed by atoms with van der Waals surface area (Å²) in [5, 5.41) is 3.66. The highest BCUT2D eigenvalue weighted by Gasteiger charge is 2.21. The van der Waals surface area contributed by atoms with Crippen molar-refractivity contribution in [3.8, 4) is 0 Å². The first-order chi connectivity index (χ1) is 7.92. The van der Waals surface area contributed by atoms with Crippen molar-refractivity contribution in [2.45, 2.75) is 57.9 Å². The molecule has 2 heteroatoms. The summed E-state index contributed by atoms with van der Waals surface area (Å²) < 4.78 is 5.49. The number of rotatable bonds is 6. The average molecular weight is 221 g/mol. The van der Waals surface area contributed by atoms with Crippen LogP contribution in [-0.2, 0) is 6.42 Å². The Kier molecular flexibility index (Phi) is 4.46. The number of unbranched alkanes of at least 4 members (excludes halogenated alkanes) is 3. The topological polar surface area (TPSA) is 25.2 Å². The maximum Gasteiger partial charge on any atom is 0.108 e. The van der Waals surface area contributed by atoms with Gasteiger partial charge in [-0.05, 0) is 31.9 Å². The van der Waals surface area contributed by atoms with Gasteiger partial charge in [0, 0.05) is 18.0 Å². The van der Waals surface area contributed by atoms with Crippen LogP contribution in [0.2, 0.25) is 0 Å². The minimum absolute atomic E-state index is 0.545. The van der Waals surface area contributed by atoms with E-state index in [0.717, 1.165) is 13.0 Å². The predicted molar refractivity (Wildman–Crippen MR) is 66.5 cm³/mol. The van der Waals surface area contributed by atoms with Crippen LogP contribution < -0.4 is 5.32 Å². The van der Waals surface area contributed by atoms with Crippen LogP contribution in [-0.4, -0.2) is 6.54 Å². The van der Waals surface area contributed by atoms with E-state index in [2.05, 4.69) is 18.3 Å². The van der Waals surface area contributed by atoms with Gasteiger partial charge in [-0.25, -0.2) is 0 Å². The Morgan fingerprint density at radius 2 is 2.31 bits per heavy atom. The van der Waals surface area contributed by atoms with E-state index < -0.39 is 0 Å². The van der Waals surface area contributed by atoms with E-state index in [9.17, 15) is 0 Å². The monoisotopic (exact) mass is 221 g/mol. The summed E-state index contributed by atoms with van der Waals surface area (Å²) in [6, 6.07) is 2.68. The van der Waals surface area contributed by atoms with Gasteiger partial charge in [-0.3, -0.25) is 0 Å². The predicted octanol–water partition coefficient (Wildman–Crippen LogP) is 3.83. The fourth-order valence-electron chi connectivity index (χ4n) is 2.53. The first-order valence-corrected chi connectivity index (χ1v) is 6.71. The maximum absolute atomic E-state index is 5.49. The van der Waals surface area contributed by atoms with Gasteiger partial charge < -0.3 is 9.73 Å².